The number of aryl methyl sites for hydroxylation is 1. The van der Waals surface area contributed by atoms with E-state index in [0.29, 0.717) is 10.8 Å². The number of anilines is 1. The molecule has 0 bridgehead atoms. The average Bonchev–Trinajstić information content (AvgIpc) is 3.05. The second kappa shape index (κ2) is 7.81. The number of hydrogen-bond acceptors (Lipinski definition) is 4. The van der Waals surface area contributed by atoms with Gasteiger partial charge in [-0.1, -0.05) is 23.6 Å². The van der Waals surface area contributed by atoms with Crippen molar-refractivity contribution in [3.8, 4) is 18.0 Å². The van der Waals surface area contributed by atoms with Crippen molar-refractivity contribution >= 4 is 17.4 Å². The minimum absolute atomic E-state index is 0.0130. The number of nitrogens with two attached hydrogens (primary N) is 1. The van der Waals surface area contributed by atoms with Crippen LogP contribution in [0, 0.1) is 24.7 Å². The fourth-order valence-electron chi connectivity index (χ4n) is 5.29. The van der Waals surface area contributed by atoms with E-state index >= 15 is 0 Å². The molecule has 162 valence electrons. The third-order valence-electron chi connectivity index (χ3n) is 7.09. The van der Waals surface area contributed by atoms with Gasteiger partial charge >= 0.3 is 0 Å². The van der Waals surface area contributed by atoms with E-state index in [1.165, 1.54) is 11.1 Å². The van der Waals surface area contributed by atoms with Crippen molar-refractivity contribution in [2.24, 2.45) is 11.1 Å². The summed E-state index contributed by atoms with van der Waals surface area (Å²) in [6.07, 6.45) is 8.44. The van der Waals surface area contributed by atoms with E-state index in [1.54, 1.807) is 22.8 Å². The number of aromatic nitrogens is 2. The zero-order valence-electron chi connectivity index (χ0n) is 18.0. The summed E-state index contributed by atoms with van der Waals surface area (Å²) < 4.78 is 1.61. The van der Waals surface area contributed by atoms with Gasteiger partial charge in [0.1, 0.15) is 11.6 Å². The predicted molar refractivity (Wildman–Crippen MR) is 128 cm³/mol. The second-order valence-electron chi connectivity index (χ2n) is 8.87. The minimum Gasteiger partial charge on any atom is -0.356 e. The molecule has 0 amide bonds. The number of piperidine rings is 1. The third-order valence-corrected chi connectivity index (χ3v) is 7.34. The Hall–Kier alpha value is -3.07. The summed E-state index contributed by atoms with van der Waals surface area (Å²) in [4.78, 5) is 19.9. The quantitative estimate of drug-likeness (QED) is 0.606. The molecule has 5 nitrogen and oxygen atoms in total. The summed E-state index contributed by atoms with van der Waals surface area (Å²) >= 11 is 5.98. The summed E-state index contributed by atoms with van der Waals surface area (Å²) in [6.45, 7) is 3.50. The number of rotatable bonds is 2. The molecule has 1 atom stereocenters. The maximum absolute atomic E-state index is 12.9. The van der Waals surface area contributed by atoms with Gasteiger partial charge in [0.25, 0.3) is 5.56 Å². The van der Waals surface area contributed by atoms with E-state index in [2.05, 4.69) is 23.0 Å². The van der Waals surface area contributed by atoms with E-state index in [4.69, 9.17) is 28.7 Å². The first-order valence-electron chi connectivity index (χ1n) is 10.9. The summed E-state index contributed by atoms with van der Waals surface area (Å²) in [7, 11) is 0. The Morgan fingerprint density at radius 2 is 1.88 bits per heavy atom. The van der Waals surface area contributed by atoms with E-state index in [9.17, 15) is 4.79 Å². The molecular weight excluding hydrogens is 420 g/mol. The van der Waals surface area contributed by atoms with Crippen LogP contribution in [-0.2, 0) is 6.42 Å². The van der Waals surface area contributed by atoms with E-state index < -0.39 is 0 Å². The highest BCUT2D eigenvalue weighted by Crippen LogP contribution is 2.51. The first kappa shape index (κ1) is 20.8. The van der Waals surface area contributed by atoms with Crippen LogP contribution in [0.25, 0.3) is 5.69 Å². The van der Waals surface area contributed by atoms with Gasteiger partial charge in [0.2, 0.25) is 0 Å². The van der Waals surface area contributed by atoms with Crippen LogP contribution < -0.4 is 16.2 Å². The summed E-state index contributed by atoms with van der Waals surface area (Å²) in [5.41, 5.74) is 10.8. The monoisotopic (exact) mass is 444 g/mol. The highest BCUT2D eigenvalue weighted by molar-refractivity contribution is 6.30. The van der Waals surface area contributed by atoms with Crippen LogP contribution in [0.4, 0.5) is 5.82 Å². The van der Waals surface area contributed by atoms with Crippen molar-refractivity contribution < 1.29 is 0 Å². The molecule has 5 rings (SSSR count). The average molecular weight is 445 g/mol. The molecule has 2 N–H and O–H groups in total. The van der Waals surface area contributed by atoms with Crippen LogP contribution in [0.1, 0.15) is 41.4 Å². The van der Waals surface area contributed by atoms with Crippen LogP contribution in [-0.4, -0.2) is 22.6 Å². The zero-order chi connectivity index (χ0) is 22.5. The summed E-state index contributed by atoms with van der Waals surface area (Å²) in [6, 6.07) is 15.0. The molecule has 1 saturated heterocycles. The number of benzene rings is 2. The maximum atomic E-state index is 12.9. The van der Waals surface area contributed by atoms with Gasteiger partial charge in [-0.2, -0.15) is 0 Å². The Balaban J connectivity index is 1.36. The van der Waals surface area contributed by atoms with Gasteiger partial charge < -0.3 is 10.6 Å². The molecule has 1 spiro atoms. The molecule has 3 aromatic rings. The van der Waals surface area contributed by atoms with Crippen LogP contribution >= 0.6 is 11.6 Å². The van der Waals surface area contributed by atoms with Crippen molar-refractivity contribution in [2.75, 3.05) is 18.0 Å². The lowest BCUT2D eigenvalue weighted by atomic mass is 9.73. The normalized spacial score (nSPS) is 19.1. The summed E-state index contributed by atoms with van der Waals surface area (Å²) in [5, 5.41) is 0.633. The number of fused-ring (bicyclic) bond motifs is 1. The molecule has 1 aromatic heterocycles. The standard InChI is InChI=1S/C26H25ClN4O/c1-3-18-4-9-22-19(14-18)16-26(25(22)28)10-12-30(13-11-26)23-15-24(32)31(17(2)29-23)21-7-5-20(27)6-8-21/h1,4-9,14-15,25H,10-13,16,28H2,2H3/t25-/m1/s1. The van der Waals surface area contributed by atoms with Gasteiger partial charge in [-0.15, -0.1) is 6.42 Å². The van der Waals surface area contributed by atoms with Crippen molar-refractivity contribution in [2.45, 2.75) is 32.2 Å². The van der Waals surface area contributed by atoms with Crippen molar-refractivity contribution in [1.82, 2.24) is 9.55 Å². The number of hydrogen-bond donors (Lipinski definition) is 1. The Labute approximate surface area is 192 Å². The first-order chi connectivity index (χ1) is 15.4. The largest absolute Gasteiger partial charge is 0.356 e. The Morgan fingerprint density at radius 3 is 2.53 bits per heavy atom. The molecule has 1 aliphatic carbocycles. The number of halogens is 1. The fraction of sp³-hybridized carbons (Fsp3) is 0.308. The molecule has 0 unspecified atom stereocenters. The van der Waals surface area contributed by atoms with Crippen molar-refractivity contribution in [3.63, 3.8) is 0 Å². The lowest BCUT2D eigenvalue weighted by Gasteiger charge is -2.42. The fourth-order valence-corrected chi connectivity index (χ4v) is 5.41. The minimum atomic E-state index is -0.0955. The number of nitrogens with zero attached hydrogens (tertiary/aromatic N) is 3. The Bertz CT molecular complexity index is 1280. The zero-order valence-corrected chi connectivity index (χ0v) is 18.8. The van der Waals surface area contributed by atoms with E-state index in [1.807, 2.05) is 25.1 Å². The van der Waals surface area contributed by atoms with Crippen molar-refractivity contribution in [3.05, 3.63) is 86.4 Å². The van der Waals surface area contributed by atoms with Crippen LogP contribution in [0.3, 0.4) is 0 Å². The maximum Gasteiger partial charge on any atom is 0.260 e. The van der Waals surface area contributed by atoms with Crippen molar-refractivity contribution in [1.29, 1.82) is 0 Å². The topological polar surface area (TPSA) is 64.2 Å². The van der Waals surface area contributed by atoms with Crippen LogP contribution in [0.5, 0.6) is 0 Å². The molecule has 0 radical (unpaired) electrons. The molecule has 1 aliphatic heterocycles. The van der Waals surface area contributed by atoms with E-state index in [0.717, 1.165) is 49.4 Å². The van der Waals surface area contributed by atoms with Gasteiger partial charge in [0.05, 0.1) is 5.69 Å². The number of terminal acetylenes is 1. The summed E-state index contributed by atoms with van der Waals surface area (Å²) in [5.74, 6) is 4.11. The van der Waals surface area contributed by atoms with Gasteiger partial charge in [-0.05, 0) is 79.1 Å². The molecular formula is C26H25ClN4O. The van der Waals surface area contributed by atoms with Gasteiger partial charge in [-0.25, -0.2) is 4.98 Å². The Morgan fingerprint density at radius 1 is 1.16 bits per heavy atom. The third kappa shape index (κ3) is 3.40. The predicted octanol–water partition coefficient (Wildman–Crippen LogP) is 4.02. The van der Waals surface area contributed by atoms with Crippen LogP contribution in [0.15, 0.2) is 53.3 Å². The van der Waals surface area contributed by atoms with E-state index in [-0.39, 0.29) is 17.0 Å². The second-order valence-corrected chi connectivity index (χ2v) is 9.31. The molecule has 6 heteroatoms. The van der Waals surface area contributed by atoms with Gasteiger partial charge in [0.15, 0.2) is 0 Å². The molecule has 2 aromatic carbocycles. The van der Waals surface area contributed by atoms with Gasteiger partial charge in [0, 0.05) is 35.8 Å². The lowest BCUT2D eigenvalue weighted by molar-refractivity contribution is 0.187. The highest BCUT2D eigenvalue weighted by Gasteiger charge is 2.46. The molecule has 2 aliphatic rings. The molecule has 32 heavy (non-hydrogen) atoms. The molecule has 1 fully saturated rings. The lowest BCUT2D eigenvalue weighted by Crippen LogP contribution is -2.45. The highest BCUT2D eigenvalue weighted by atomic mass is 35.5. The Kier molecular flexibility index (Phi) is 5.08. The first-order valence-corrected chi connectivity index (χ1v) is 11.2. The molecule has 0 saturated carbocycles. The smallest absolute Gasteiger partial charge is 0.260 e. The van der Waals surface area contributed by atoms with Crippen LogP contribution in [0.2, 0.25) is 5.02 Å². The molecule has 2 heterocycles. The van der Waals surface area contributed by atoms with Gasteiger partial charge in [-0.3, -0.25) is 9.36 Å². The SMILES string of the molecule is C#Cc1ccc2c(c1)CC1(CCN(c3cc(=O)n(-c4ccc(Cl)cc4)c(C)n3)CC1)[C@@H]2N.